The number of carbonyl (C=O) groups excluding carboxylic acids is 1. The Hall–Kier alpha value is -1.92. The Labute approximate surface area is 123 Å². The van der Waals surface area contributed by atoms with Crippen LogP contribution in [-0.4, -0.2) is 42.3 Å². The van der Waals surface area contributed by atoms with Crippen LogP contribution in [0.5, 0.6) is 0 Å². The number of carboxylic acid groups (broad SMARTS) is 1. The fourth-order valence-corrected chi connectivity index (χ4v) is 2.33. The second-order valence-electron chi connectivity index (χ2n) is 5.23. The third kappa shape index (κ3) is 4.27. The van der Waals surface area contributed by atoms with Crippen molar-refractivity contribution in [2.75, 3.05) is 13.2 Å². The molecule has 6 nitrogen and oxygen atoms in total. The third-order valence-electron chi connectivity index (χ3n) is 3.65. The highest BCUT2D eigenvalue weighted by Crippen LogP contribution is 2.14. The summed E-state index contributed by atoms with van der Waals surface area (Å²) >= 11 is 0. The monoisotopic (exact) mass is 292 g/mol. The molecule has 1 heterocycles. The molecule has 1 aromatic rings. The van der Waals surface area contributed by atoms with Gasteiger partial charge in [0.2, 0.25) is 5.91 Å². The third-order valence-corrected chi connectivity index (χ3v) is 3.65. The van der Waals surface area contributed by atoms with Crippen LogP contribution in [0.1, 0.15) is 12.0 Å². The molecule has 4 N–H and O–H groups in total. The lowest BCUT2D eigenvalue weighted by molar-refractivity contribution is -0.142. The maximum atomic E-state index is 12.0. The first kappa shape index (κ1) is 15.5. The number of amides is 1. The van der Waals surface area contributed by atoms with E-state index in [0.29, 0.717) is 12.8 Å². The van der Waals surface area contributed by atoms with Gasteiger partial charge in [-0.25, -0.2) is 0 Å². The Morgan fingerprint density at radius 1 is 1.33 bits per heavy atom. The van der Waals surface area contributed by atoms with Crippen molar-refractivity contribution < 1.29 is 19.4 Å². The van der Waals surface area contributed by atoms with Crippen LogP contribution < -0.4 is 11.1 Å². The zero-order valence-corrected chi connectivity index (χ0v) is 11.7. The molecule has 1 amide bonds. The highest BCUT2D eigenvalue weighted by molar-refractivity contribution is 5.82. The minimum absolute atomic E-state index is 0.125. The summed E-state index contributed by atoms with van der Waals surface area (Å²) in [5.74, 6) is -1.99. The fraction of sp³-hybridized carbons (Fsp3) is 0.467. The molecule has 114 valence electrons. The van der Waals surface area contributed by atoms with Gasteiger partial charge in [0.25, 0.3) is 0 Å². The number of hydrogen-bond acceptors (Lipinski definition) is 4. The normalized spacial score (nSPS) is 22.7. The van der Waals surface area contributed by atoms with Crippen LogP contribution in [0.25, 0.3) is 0 Å². The molecule has 21 heavy (non-hydrogen) atoms. The zero-order valence-electron chi connectivity index (χ0n) is 11.7. The van der Waals surface area contributed by atoms with Gasteiger partial charge in [-0.15, -0.1) is 0 Å². The first-order chi connectivity index (χ1) is 10.1. The Kier molecular flexibility index (Phi) is 5.30. The average Bonchev–Trinajstić information content (AvgIpc) is 2.94. The maximum absolute atomic E-state index is 12.0. The van der Waals surface area contributed by atoms with Gasteiger partial charge in [0.05, 0.1) is 25.3 Å². The topological polar surface area (TPSA) is 102 Å². The van der Waals surface area contributed by atoms with E-state index in [2.05, 4.69) is 5.32 Å². The molecule has 0 saturated carbocycles. The molecule has 6 heteroatoms. The zero-order chi connectivity index (χ0) is 15.2. The maximum Gasteiger partial charge on any atom is 0.311 e. The molecule has 1 aliphatic rings. The van der Waals surface area contributed by atoms with Crippen molar-refractivity contribution in [2.24, 2.45) is 11.7 Å². The summed E-state index contributed by atoms with van der Waals surface area (Å²) in [6, 6.07) is 8.62. The van der Waals surface area contributed by atoms with Crippen molar-refractivity contribution in [2.45, 2.75) is 24.9 Å². The van der Waals surface area contributed by atoms with Gasteiger partial charge in [-0.3, -0.25) is 9.59 Å². The Morgan fingerprint density at radius 2 is 2.05 bits per heavy atom. The van der Waals surface area contributed by atoms with Gasteiger partial charge in [-0.1, -0.05) is 30.3 Å². The van der Waals surface area contributed by atoms with Crippen molar-refractivity contribution in [3.63, 3.8) is 0 Å². The average molecular weight is 292 g/mol. The second kappa shape index (κ2) is 7.19. The molecule has 1 fully saturated rings. The van der Waals surface area contributed by atoms with Crippen LogP contribution in [-0.2, 0) is 20.7 Å². The highest BCUT2D eigenvalue weighted by Gasteiger charge is 2.35. The molecule has 1 aromatic carbocycles. The fourth-order valence-electron chi connectivity index (χ4n) is 2.33. The summed E-state index contributed by atoms with van der Waals surface area (Å²) in [6.45, 7) is 0.341. The van der Waals surface area contributed by atoms with Crippen molar-refractivity contribution in [1.82, 2.24) is 5.32 Å². The standard InChI is InChI=1S/C15H20N2O4/c16-12(7-6-10-4-2-1-3-5-10)14(18)17-13-9-21-8-11(13)15(19)20/h1-5,11-13H,6-9,16H2,(H,17,18)(H,19,20). The van der Waals surface area contributed by atoms with E-state index in [1.165, 1.54) is 0 Å². The van der Waals surface area contributed by atoms with Gasteiger partial charge in [0.15, 0.2) is 0 Å². The van der Waals surface area contributed by atoms with E-state index in [4.69, 9.17) is 15.6 Å². The lowest BCUT2D eigenvalue weighted by atomic mass is 10.0. The molecule has 0 spiro atoms. The number of aliphatic carboxylic acids is 1. The SMILES string of the molecule is NC(CCc1ccccc1)C(=O)NC1COCC1C(=O)O. The molecule has 1 aliphatic heterocycles. The number of nitrogens with two attached hydrogens (primary N) is 1. The van der Waals surface area contributed by atoms with Gasteiger partial charge < -0.3 is 20.9 Å². The van der Waals surface area contributed by atoms with E-state index in [0.717, 1.165) is 5.56 Å². The first-order valence-electron chi connectivity index (χ1n) is 6.98. The van der Waals surface area contributed by atoms with Crippen LogP contribution in [0, 0.1) is 5.92 Å². The Balaban J connectivity index is 1.81. The minimum Gasteiger partial charge on any atom is -0.481 e. The van der Waals surface area contributed by atoms with E-state index in [9.17, 15) is 9.59 Å². The lowest BCUT2D eigenvalue weighted by Gasteiger charge is -2.18. The van der Waals surface area contributed by atoms with Crippen LogP contribution in [0.2, 0.25) is 0 Å². The molecule has 3 unspecified atom stereocenters. The predicted octanol–water partition coefficient (Wildman–Crippen LogP) is 0.162. The molecule has 0 radical (unpaired) electrons. The summed E-state index contributed by atoms with van der Waals surface area (Å²) in [7, 11) is 0. The number of benzene rings is 1. The van der Waals surface area contributed by atoms with Gasteiger partial charge in [-0.05, 0) is 18.4 Å². The van der Waals surface area contributed by atoms with E-state index in [1.807, 2.05) is 30.3 Å². The van der Waals surface area contributed by atoms with Crippen LogP contribution in [0.15, 0.2) is 30.3 Å². The molecule has 2 rings (SSSR count). The van der Waals surface area contributed by atoms with Crippen LogP contribution >= 0.6 is 0 Å². The molecule has 0 aromatic heterocycles. The summed E-state index contributed by atoms with van der Waals surface area (Å²) in [5, 5.41) is 11.7. The summed E-state index contributed by atoms with van der Waals surface area (Å²) in [4.78, 5) is 23.0. The van der Waals surface area contributed by atoms with Gasteiger partial charge in [-0.2, -0.15) is 0 Å². The first-order valence-corrected chi connectivity index (χ1v) is 6.98. The number of rotatable bonds is 6. The largest absolute Gasteiger partial charge is 0.481 e. The number of carbonyl (C=O) groups is 2. The van der Waals surface area contributed by atoms with Crippen molar-refractivity contribution in [3.8, 4) is 0 Å². The smallest absolute Gasteiger partial charge is 0.311 e. The predicted molar refractivity (Wildman–Crippen MR) is 76.6 cm³/mol. The number of ether oxygens (including phenoxy) is 1. The molecule has 1 saturated heterocycles. The molecular weight excluding hydrogens is 272 g/mol. The van der Waals surface area contributed by atoms with E-state index < -0.39 is 24.0 Å². The van der Waals surface area contributed by atoms with Gasteiger partial charge in [0.1, 0.15) is 5.92 Å². The molecule has 0 bridgehead atoms. The second-order valence-corrected chi connectivity index (χ2v) is 5.23. The molecule has 0 aliphatic carbocycles. The van der Waals surface area contributed by atoms with E-state index in [1.54, 1.807) is 0 Å². The van der Waals surface area contributed by atoms with Gasteiger partial charge >= 0.3 is 5.97 Å². The number of aryl methyl sites for hydroxylation is 1. The summed E-state index contributed by atoms with van der Waals surface area (Å²) < 4.78 is 5.10. The van der Waals surface area contributed by atoms with Crippen molar-refractivity contribution in [3.05, 3.63) is 35.9 Å². The van der Waals surface area contributed by atoms with Crippen molar-refractivity contribution >= 4 is 11.9 Å². The van der Waals surface area contributed by atoms with E-state index in [-0.39, 0.29) is 19.1 Å². The Bertz CT molecular complexity index is 492. The minimum atomic E-state index is -0.962. The highest BCUT2D eigenvalue weighted by atomic mass is 16.5. The molecular formula is C15H20N2O4. The van der Waals surface area contributed by atoms with Crippen LogP contribution in [0.4, 0.5) is 0 Å². The number of carboxylic acids is 1. The number of nitrogens with one attached hydrogen (secondary N) is 1. The lowest BCUT2D eigenvalue weighted by Crippen LogP contribution is -2.49. The number of hydrogen-bond donors (Lipinski definition) is 3. The summed E-state index contributed by atoms with van der Waals surface area (Å²) in [5.41, 5.74) is 6.98. The quantitative estimate of drug-likeness (QED) is 0.693. The summed E-state index contributed by atoms with van der Waals surface area (Å²) in [6.07, 6.45) is 1.22. The van der Waals surface area contributed by atoms with Crippen molar-refractivity contribution in [1.29, 1.82) is 0 Å². The van der Waals surface area contributed by atoms with Gasteiger partial charge in [0, 0.05) is 0 Å². The molecule has 3 atom stereocenters. The van der Waals surface area contributed by atoms with Crippen LogP contribution in [0.3, 0.4) is 0 Å². The Morgan fingerprint density at radius 3 is 2.71 bits per heavy atom. The van der Waals surface area contributed by atoms with E-state index >= 15 is 0 Å².